The number of aryl methyl sites for hydroxylation is 1. The van der Waals surface area contributed by atoms with Gasteiger partial charge in [-0.2, -0.15) is 0 Å². The molecule has 0 spiro atoms. The van der Waals surface area contributed by atoms with Gasteiger partial charge in [0, 0.05) is 10.3 Å². The topological polar surface area (TPSA) is 102 Å². The van der Waals surface area contributed by atoms with Crippen molar-refractivity contribution in [2.24, 2.45) is 0 Å². The Morgan fingerprint density at radius 2 is 2.14 bits per heavy atom. The van der Waals surface area contributed by atoms with Gasteiger partial charge >= 0.3 is 5.97 Å². The van der Waals surface area contributed by atoms with Crippen LogP contribution in [-0.2, 0) is 17.6 Å². The number of para-hydroxylation sites is 1. The summed E-state index contributed by atoms with van der Waals surface area (Å²) in [7, 11) is 1.33. The first-order valence-electron chi connectivity index (χ1n) is 9.32. The van der Waals surface area contributed by atoms with Gasteiger partial charge < -0.3 is 19.2 Å². The predicted octanol–water partition coefficient (Wildman–Crippen LogP) is 3.90. The zero-order valence-corrected chi connectivity index (χ0v) is 16.9. The minimum Gasteiger partial charge on any atom is -0.490 e. The van der Waals surface area contributed by atoms with Crippen LogP contribution >= 0.6 is 11.3 Å². The molecule has 0 radical (unpaired) electrons. The van der Waals surface area contributed by atoms with Crippen LogP contribution in [0.4, 0.5) is 5.00 Å². The van der Waals surface area contributed by atoms with Gasteiger partial charge in [-0.3, -0.25) is 10.2 Å². The molecule has 4 rings (SSSR count). The van der Waals surface area contributed by atoms with Crippen LogP contribution in [0.1, 0.15) is 44.5 Å². The van der Waals surface area contributed by atoms with Crippen LogP contribution in [-0.4, -0.2) is 25.6 Å². The Hall–Kier alpha value is -3.13. The molecular formula is C21H20N2O5S. The number of esters is 1. The molecule has 1 aliphatic rings. The number of benzene rings is 1. The molecule has 1 amide bonds. The second-order valence-corrected chi connectivity index (χ2v) is 7.71. The van der Waals surface area contributed by atoms with Crippen molar-refractivity contribution in [1.29, 1.82) is 5.41 Å². The summed E-state index contributed by atoms with van der Waals surface area (Å²) in [4.78, 5) is 26.3. The molecular weight excluding hydrogens is 392 g/mol. The number of nitrogens with one attached hydrogen (secondary N) is 2. The maximum atomic E-state index is 12.9. The van der Waals surface area contributed by atoms with Crippen molar-refractivity contribution in [3.05, 3.63) is 51.4 Å². The second-order valence-electron chi connectivity index (χ2n) is 6.60. The summed E-state index contributed by atoms with van der Waals surface area (Å²) in [6.07, 6.45) is 2.67. The van der Waals surface area contributed by atoms with Gasteiger partial charge in [-0.15, -0.1) is 11.3 Å². The van der Waals surface area contributed by atoms with Gasteiger partial charge in [0.2, 0.25) is 5.55 Å². The molecule has 0 bridgehead atoms. The molecule has 0 saturated carbocycles. The summed E-state index contributed by atoms with van der Waals surface area (Å²) < 4.78 is 16.0. The molecule has 7 nitrogen and oxygen atoms in total. The Labute approximate surface area is 170 Å². The lowest BCUT2D eigenvalue weighted by Gasteiger charge is -2.09. The number of thiophene rings is 1. The van der Waals surface area contributed by atoms with Gasteiger partial charge in [0.1, 0.15) is 10.6 Å². The van der Waals surface area contributed by atoms with E-state index in [1.54, 1.807) is 24.3 Å². The van der Waals surface area contributed by atoms with Crippen LogP contribution in [0.25, 0.3) is 11.0 Å². The van der Waals surface area contributed by atoms with Crippen molar-refractivity contribution in [3.8, 4) is 5.75 Å². The lowest BCUT2D eigenvalue weighted by atomic mass is 10.1. The van der Waals surface area contributed by atoms with Crippen molar-refractivity contribution in [2.75, 3.05) is 19.0 Å². The number of methoxy groups -OCH3 is 1. The van der Waals surface area contributed by atoms with E-state index in [0.29, 0.717) is 33.9 Å². The summed E-state index contributed by atoms with van der Waals surface area (Å²) in [6.45, 7) is 2.32. The zero-order valence-electron chi connectivity index (χ0n) is 16.1. The minimum atomic E-state index is -0.507. The quantitative estimate of drug-likeness (QED) is 0.619. The lowest BCUT2D eigenvalue weighted by molar-refractivity contribution is 0.0601. The van der Waals surface area contributed by atoms with Gasteiger partial charge in [-0.25, -0.2) is 4.79 Å². The molecule has 2 heterocycles. The first-order chi connectivity index (χ1) is 14.0. The molecule has 1 aromatic carbocycles. The van der Waals surface area contributed by atoms with Crippen molar-refractivity contribution in [1.82, 2.24) is 0 Å². The van der Waals surface area contributed by atoms with Crippen LogP contribution in [0.15, 0.2) is 28.7 Å². The Morgan fingerprint density at radius 1 is 1.31 bits per heavy atom. The minimum absolute atomic E-state index is 0.0792. The molecule has 150 valence electrons. The molecule has 29 heavy (non-hydrogen) atoms. The summed E-state index contributed by atoms with van der Waals surface area (Å²) in [5.74, 6) is -0.448. The summed E-state index contributed by atoms with van der Waals surface area (Å²) in [5.41, 5.74) is 1.59. The highest BCUT2D eigenvalue weighted by Gasteiger charge is 2.28. The number of carbonyl (C=O) groups excluding carboxylic acids is 2. The molecule has 1 aliphatic carbocycles. The van der Waals surface area contributed by atoms with Crippen LogP contribution in [0, 0.1) is 5.41 Å². The van der Waals surface area contributed by atoms with Gasteiger partial charge in [0.05, 0.1) is 19.3 Å². The standard InChI is InChI=1S/C21H20N2O5S/c1-3-27-14-8-4-6-11-10-13(18(22)28-17(11)14)19(24)23-20-16(21(25)26-2)12-7-5-9-15(12)29-20/h4,6,8,10,22H,3,5,7,9H2,1-2H3,(H,23,24). The van der Waals surface area contributed by atoms with Gasteiger partial charge in [-0.05, 0) is 43.9 Å². The number of fused-ring (bicyclic) bond motifs is 2. The third kappa shape index (κ3) is 3.40. The zero-order chi connectivity index (χ0) is 20.5. The number of rotatable bonds is 5. The van der Waals surface area contributed by atoms with Crippen molar-refractivity contribution >= 4 is 39.2 Å². The molecule has 0 atom stereocenters. The Bertz CT molecular complexity index is 1180. The highest BCUT2D eigenvalue weighted by molar-refractivity contribution is 7.17. The fourth-order valence-electron chi connectivity index (χ4n) is 3.55. The van der Waals surface area contributed by atoms with E-state index >= 15 is 0 Å². The first-order valence-corrected chi connectivity index (χ1v) is 10.1. The van der Waals surface area contributed by atoms with E-state index in [1.165, 1.54) is 18.4 Å². The normalized spacial score (nSPS) is 12.6. The Morgan fingerprint density at radius 3 is 2.90 bits per heavy atom. The fraction of sp³-hybridized carbons (Fsp3) is 0.286. The number of hydrogen-bond acceptors (Lipinski definition) is 7. The molecule has 0 aliphatic heterocycles. The van der Waals surface area contributed by atoms with Crippen LogP contribution < -0.4 is 15.6 Å². The molecule has 2 N–H and O–H groups in total. The number of ether oxygens (including phenoxy) is 2. The van der Waals surface area contributed by atoms with Crippen molar-refractivity contribution in [2.45, 2.75) is 26.2 Å². The highest BCUT2D eigenvalue weighted by atomic mass is 32.1. The third-order valence-corrected chi connectivity index (χ3v) is 6.05. The Balaban J connectivity index is 1.71. The van der Waals surface area contributed by atoms with Crippen molar-refractivity contribution < 1.29 is 23.5 Å². The molecule has 0 unspecified atom stereocenters. The molecule has 3 aromatic rings. The van der Waals surface area contributed by atoms with E-state index in [1.807, 2.05) is 6.92 Å². The number of hydrogen-bond donors (Lipinski definition) is 2. The number of carbonyl (C=O) groups is 2. The highest BCUT2D eigenvalue weighted by Crippen LogP contribution is 2.39. The summed E-state index contributed by atoms with van der Waals surface area (Å²) in [5, 5.41) is 12.1. The predicted molar refractivity (Wildman–Crippen MR) is 109 cm³/mol. The van der Waals surface area contributed by atoms with Crippen LogP contribution in [0.2, 0.25) is 0 Å². The smallest absolute Gasteiger partial charge is 0.341 e. The maximum Gasteiger partial charge on any atom is 0.341 e. The van der Waals surface area contributed by atoms with E-state index < -0.39 is 11.9 Å². The molecule has 0 fully saturated rings. The SMILES string of the molecule is CCOc1cccc2cc(C(=O)Nc3sc4c(c3C(=O)OC)CCC4)c(=N)oc12. The lowest BCUT2D eigenvalue weighted by Crippen LogP contribution is -2.21. The van der Waals surface area contributed by atoms with E-state index in [-0.39, 0.29) is 11.1 Å². The third-order valence-electron chi connectivity index (χ3n) is 4.84. The van der Waals surface area contributed by atoms with E-state index in [2.05, 4.69) is 5.32 Å². The van der Waals surface area contributed by atoms with Crippen molar-refractivity contribution in [3.63, 3.8) is 0 Å². The molecule has 8 heteroatoms. The average Bonchev–Trinajstić information content (AvgIpc) is 3.28. The van der Waals surface area contributed by atoms with Gasteiger partial charge in [0.15, 0.2) is 11.3 Å². The maximum absolute atomic E-state index is 12.9. The molecule has 0 saturated heterocycles. The van der Waals surface area contributed by atoms with Crippen LogP contribution in [0.3, 0.4) is 0 Å². The van der Waals surface area contributed by atoms with Gasteiger partial charge in [0.25, 0.3) is 5.91 Å². The Kier molecular flexibility index (Phi) is 5.10. The number of anilines is 1. The van der Waals surface area contributed by atoms with E-state index in [0.717, 1.165) is 29.7 Å². The monoisotopic (exact) mass is 412 g/mol. The van der Waals surface area contributed by atoms with E-state index in [9.17, 15) is 9.59 Å². The average molecular weight is 412 g/mol. The van der Waals surface area contributed by atoms with Crippen LogP contribution in [0.5, 0.6) is 5.75 Å². The summed E-state index contributed by atoms with van der Waals surface area (Å²) in [6, 6.07) is 6.94. The summed E-state index contributed by atoms with van der Waals surface area (Å²) >= 11 is 1.39. The second kappa shape index (κ2) is 7.71. The fourth-order valence-corrected chi connectivity index (χ4v) is 4.82. The molecule has 2 aromatic heterocycles. The first kappa shape index (κ1) is 19.2. The number of amides is 1. The van der Waals surface area contributed by atoms with Gasteiger partial charge in [-0.1, -0.05) is 12.1 Å². The van der Waals surface area contributed by atoms with E-state index in [4.69, 9.17) is 19.3 Å². The largest absolute Gasteiger partial charge is 0.490 e.